The highest BCUT2D eigenvalue weighted by atomic mass is 35.5. The smallest absolute Gasteiger partial charge is 0.223 e. The van der Waals surface area contributed by atoms with E-state index in [-0.39, 0.29) is 5.38 Å². The van der Waals surface area contributed by atoms with Crippen LogP contribution in [0.15, 0.2) is 0 Å². The molecular formula is C13H20ClNO. The van der Waals surface area contributed by atoms with Crippen LogP contribution in [0.3, 0.4) is 0 Å². The van der Waals surface area contributed by atoms with Gasteiger partial charge in [0, 0.05) is 17.8 Å². The summed E-state index contributed by atoms with van der Waals surface area (Å²) in [5, 5.41) is 3.40. The van der Waals surface area contributed by atoms with Gasteiger partial charge in [0.25, 0.3) is 0 Å². The third-order valence-electron chi connectivity index (χ3n) is 4.72. The van der Waals surface area contributed by atoms with Crippen molar-refractivity contribution in [2.45, 2.75) is 43.9 Å². The fourth-order valence-corrected chi connectivity index (χ4v) is 3.90. The number of amides is 1. The second kappa shape index (κ2) is 4.21. The van der Waals surface area contributed by atoms with Gasteiger partial charge in [-0.1, -0.05) is 6.42 Å². The first-order valence-corrected chi connectivity index (χ1v) is 7.09. The molecule has 3 rings (SSSR count). The molecule has 0 spiro atoms. The van der Waals surface area contributed by atoms with Gasteiger partial charge in [-0.25, -0.2) is 0 Å². The fourth-order valence-electron chi connectivity index (χ4n) is 3.53. The second-order valence-corrected chi connectivity index (χ2v) is 6.44. The minimum atomic E-state index is 0.289. The molecule has 1 amide bonds. The number of hydrogen-bond acceptors (Lipinski definition) is 1. The van der Waals surface area contributed by atoms with E-state index in [9.17, 15) is 4.79 Å². The summed E-state index contributed by atoms with van der Waals surface area (Å²) < 4.78 is 0. The van der Waals surface area contributed by atoms with Crippen LogP contribution in [0.1, 0.15) is 38.5 Å². The second-order valence-electron chi connectivity index (χ2n) is 5.88. The first kappa shape index (κ1) is 10.9. The van der Waals surface area contributed by atoms with Crippen molar-refractivity contribution >= 4 is 17.5 Å². The van der Waals surface area contributed by atoms with Crippen LogP contribution in [0, 0.1) is 23.7 Å². The Kier molecular flexibility index (Phi) is 2.87. The molecule has 3 fully saturated rings. The number of halogens is 1. The van der Waals surface area contributed by atoms with Gasteiger partial charge in [0.15, 0.2) is 0 Å². The molecular weight excluding hydrogens is 222 g/mol. The normalized spacial score (nSPS) is 45.4. The summed E-state index contributed by atoms with van der Waals surface area (Å²) in [6, 6.07) is 0. The third-order valence-corrected chi connectivity index (χ3v) is 5.29. The molecule has 2 nitrogen and oxygen atoms in total. The molecule has 3 aliphatic carbocycles. The third kappa shape index (κ3) is 2.09. The van der Waals surface area contributed by atoms with Crippen molar-refractivity contribution in [3.63, 3.8) is 0 Å². The monoisotopic (exact) mass is 241 g/mol. The van der Waals surface area contributed by atoms with Crippen LogP contribution in [0.5, 0.6) is 0 Å². The summed E-state index contributed by atoms with van der Waals surface area (Å²) in [6.07, 6.45) is 7.20. The highest BCUT2D eigenvalue weighted by molar-refractivity contribution is 6.20. The Balaban J connectivity index is 1.42. The Morgan fingerprint density at radius 1 is 1.19 bits per heavy atom. The number of hydrogen-bond donors (Lipinski definition) is 1. The highest BCUT2D eigenvalue weighted by Crippen LogP contribution is 2.54. The Labute approximate surface area is 102 Å². The first-order chi connectivity index (χ1) is 7.74. The quantitative estimate of drug-likeness (QED) is 0.756. The lowest BCUT2D eigenvalue weighted by atomic mass is 10.0. The molecule has 0 aliphatic heterocycles. The van der Waals surface area contributed by atoms with Crippen molar-refractivity contribution < 1.29 is 4.79 Å². The largest absolute Gasteiger partial charge is 0.356 e. The van der Waals surface area contributed by atoms with E-state index in [0.29, 0.717) is 17.7 Å². The van der Waals surface area contributed by atoms with Crippen molar-refractivity contribution in [3.05, 3.63) is 0 Å². The van der Waals surface area contributed by atoms with Gasteiger partial charge in [-0.05, 0) is 49.9 Å². The van der Waals surface area contributed by atoms with Crippen LogP contribution in [-0.4, -0.2) is 17.8 Å². The predicted molar refractivity (Wildman–Crippen MR) is 64.3 cm³/mol. The van der Waals surface area contributed by atoms with Gasteiger partial charge in [-0.2, -0.15) is 0 Å². The maximum Gasteiger partial charge on any atom is 0.223 e. The van der Waals surface area contributed by atoms with Crippen LogP contribution in [-0.2, 0) is 4.79 Å². The zero-order chi connectivity index (χ0) is 11.1. The minimum absolute atomic E-state index is 0.289. The van der Waals surface area contributed by atoms with E-state index in [2.05, 4.69) is 5.32 Å². The molecule has 1 N–H and O–H groups in total. The summed E-state index contributed by atoms with van der Waals surface area (Å²) in [7, 11) is 0. The van der Waals surface area contributed by atoms with E-state index in [0.717, 1.165) is 37.6 Å². The molecule has 0 aromatic carbocycles. The van der Waals surface area contributed by atoms with E-state index in [1.54, 1.807) is 0 Å². The molecule has 0 aromatic heterocycles. The molecule has 4 atom stereocenters. The lowest BCUT2D eigenvalue weighted by Gasteiger charge is -2.17. The van der Waals surface area contributed by atoms with Crippen molar-refractivity contribution in [3.8, 4) is 0 Å². The standard InChI is InChI=1S/C13H20ClNO/c14-12-3-1-2-8(12)7-15-13(16)11-5-9-4-10(9)6-11/h8-12H,1-7H2,(H,15,16). The molecule has 3 heteroatoms. The predicted octanol–water partition coefficient (Wildman–Crippen LogP) is 2.56. The summed E-state index contributed by atoms with van der Waals surface area (Å²) >= 11 is 6.20. The lowest BCUT2D eigenvalue weighted by Crippen LogP contribution is -2.35. The highest BCUT2D eigenvalue weighted by Gasteiger charge is 2.48. The molecule has 0 aromatic rings. The van der Waals surface area contributed by atoms with Crippen LogP contribution in [0.2, 0.25) is 0 Å². The maximum absolute atomic E-state index is 11.9. The molecule has 3 saturated carbocycles. The first-order valence-electron chi connectivity index (χ1n) is 6.66. The van der Waals surface area contributed by atoms with Crippen molar-refractivity contribution in [2.75, 3.05) is 6.54 Å². The number of rotatable bonds is 3. The van der Waals surface area contributed by atoms with E-state index < -0.39 is 0 Å². The molecule has 0 saturated heterocycles. The summed E-state index contributed by atoms with van der Waals surface area (Å²) in [4.78, 5) is 11.9. The van der Waals surface area contributed by atoms with Gasteiger partial charge < -0.3 is 5.32 Å². The Hall–Kier alpha value is -0.240. The summed E-state index contributed by atoms with van der Waals surface area (Å²) in [5.74, 6) is 2.91. The summed E-state index contributed by atoms with van der Waals surface area (Å²) in [5.41, 5.74) is 0. The van der Waals surface area contributed by atoms with Gasteiger partial charge in [-0.3, -0.25) is 4.79 Å². The maximum atomic E-state index is 11.9. The minimum Gasteiger partial charge on any atom is -0.356 e. The lowest BCUT2D eigenvalue weighted by molar-refractivity contribution is -0.125. The van der Waals surface area contributed by atoms with Gasteiger partial charge in [-0.15, -0.1) is 11.6 Å². The number of alkyl halides is 1. The van der Waals surface area contributed by atoms with E-state index in [1.165, 1.54) is 19.3 Å². The zero-order valence-corrected chi connectivity index (χ0v) is 10.4. The van der Waals surface area contributed by atoms with Gasteiger partial charge in [0.2, 0.25) is 5.91 Å². The number of carbonyl (C=O) groups excluding carboxylic acids is 1. The van der Waals surface area contributed by atoms with E-state index in [4.69, 9.17) is 11.6 Å². The Morgan fingerprint density at radius 2 is 1.94 bits per heavy atom. The molecule has 16 heavy (non-hydrogen) atoms. The zero-order valence-electron chi connectivity index (χ0n) is 9.62. The van der Waals surface area contributed by atoms with Gasteiger partial charge >= 0.3 is 0 Å². The Morgan fingerprint density at radius 3 is 2.56 bits per heavy atom. The van der Waals surface area contributed by atoms with E-state index >= 15 is 0 Å². The van der Waals surface area contributed by atoms with Gasteiger partial charge in [0.05, 0.1) is 0 Å². The molecule has 90 valence electrons. The molecule has 0 radical (unpaired) electrons. The summed E-state index contributed by atoms with van der Waals surface area (Å²) in [6.45, 7) is 0.804. The van der Waals surface area contributed by atoms with Crippen LogP contribution in [0.4, 0.5) is 0 Å². The van der Waals surface area contributed by atoms with Crippen LogP contribution in [0.25, 0.3) is 0 Å². The molecule has 3 aliphatic rings. The topological polar surface area (TPSA) is 29.1 Å². The molecule has 0 bridgehead atoms. The SMILES string of the molecule is O=C(NCC1CCCC1Cl)C1CC2CC2C1. The fraction of sp³-hybridized carbons (Fsp3) is 0.923. The van der Waals surface area contributed by atoms with Gasteiger partial charge in [0.1, 0.15) is 0 Å². The van der Waals surface area contributed by atoms with Crippen molar-refractivity contribution in [1.82, 2.24) is 5.32 Å². The van der Waals surface area contributed by atoms with Crippen LogP contribution >= 0.6 is 11.6 Å². The Bertz CT molecular complexity index is 284. The number of nitrogens with one attached hydrogen (secondary N) is 1. The number of fused-ring (bicyclic) bond motifs is 1. The van der Waals surface area contributed by atoms with Crippen molar-refractivity contribution in [2.24, 2.45) is 23.7 Å². The number of carbonyl (C=O) groups is 1. The van der Waals surface area contributed by atoms with Crippen molar-refractivity contribution in [1.29, 1.82) is 0 Å². The average molecular weight is 242 g/mol. The van der Waals surface area contributed by atoms with E-state index in [1.807, 2.05) is 0 Å². The average Bonchev–Trinajstić information content (AvgIpc) is 2.71. The molecule has 0 heterocycles. The van der Waals surface area contributed by atoms with Crippen LogP contribution < -0.4 is 5.32 Å². The molecule has 4 unspecified atom stereocenters.